The molecule has 1 aliphatic rings. The summed E-state index contributed by atoms with van der Waals surface area (Å²) in [6.07, 6.45) is 4.93. The van der Waals surface area contributed by atoms with Gasteiger partial charge < -0.3 is 4.90 Å². The molecule has 0 unspecified atom stereocenters. The highest BCUT2D eigenvalue weighted by molar-refractivity contribution is 9.10. The van der Waals surface area contributed by atoms with E-state index in [4.69, 9.17) is 0 Å². The van der Waals surface area contributed by atoms with Crippen LogP contribution in [-0.4, -0.2) is 33.4 Å². The van der Waals surface area contributed by atoms with Crippen LogP contribution in [0.15, 0.2) is 21.8 Å². The van der Waals surface area contributed by atoms with Crippen molar-refractivity contribution in [3.05, 3.63) is 27.4 Å². The maximum absolute atomic E-state index is 11.8. The molecule has 0 aromatic carbocycles. The highest BCUT2D eigenvalue weighted by Gasteiger charge is 2.18. The van der Waals surface area contributed by atoms with Gasteiger partial charge in [-0.2, -0.15) is 0 Å². The first-order chi connectivity index (χ1) is 7.68. The van der Waals surface area contributed by atoms with Crippen LogP contribution in [0.4, 0.5) is 0 Å². The van der Waals surface area contributed by atoms with Gasteiger partial charge in [0.05, 0.1) is 6.33 Å². The van der Waals surface area contributed by atoms with Gasteiger partial charge in [0.15, 0.2) is 0 Å². The van der Waals surface area contributed by atoms with Crippen molar-refractivity contribution in [1.29, 1.82) is 0 Å². The average Bonchev–Trinajstić information content (AvgIpc) is 2.78. The molecule has 5 nitrogen and oxygen atoms in total. The molecular formula is C10H12BrN3O2. The fraction of sp³-hybridized carbons (Fsp3) is 0.500. The van der Waals surface area contributed by atoms with Crippen molar-refractivity contribution in [2.24, 2.45) is 0 Å². The van der Waals surface area contributed by atoms with E-state index in [2.05, 4.69) is 20.9 Å². The first-order valence-electron chi connectivity index (χ1n) is 5.16. The molecule has 1 amide bonds. The molecule has 2 rings (SSSR count). The van der Waals surface area contributed by atoms with E-state index < -0.39 is 0 Å². The van der Waals surface area contributed by atoms with E-state index in [1.54, 1.807) is 4.90 Å². The van der Waals surface area contributed by atoms with Crippen LogP contribution >= 0.6 is 15.9 Å². The third-order valence-corrected chi connectivity index (χ3v) is 3.17. The topological polar surface area (TPSA) is 55.2 Å². The van der Waals surface area contributed by atoms with E-state index in [0.717, 1.165) is 25.9 Å². The Hall–Kier alpha value is -1.17. The first kappa shape index (κ1) is 11.3. The molecule has 0 aliphatic carbocycles. The van der Waals surface area contributed by atoms with Crippen LogP contribution in [0, 0.1) is 0 Å². The second-order valence-electron chi connectivity index (χ2n) is 3.76. The second kappa shape index (κ2) is 4.78. The second-order valence-corrected chi connectivity index (χ2v) is 4.62. The third kappa shape index (κ3) is 2.32. The lowest BCUT2D eigenvalue weighted by molar-refractivity contribution is -0.130. The van der Waals surface area contributed by atoms with Gasteiger partial charge in [0.25, 0.3) is 5.56 Å². The number of hydrogen-bond donors (Lipinski definition) is 0. The monoisotopic (exact) mass is 285 g/mol. The smallest absolute Gasteiger partial charge is 0.268 e. The number of rotatable bonds is 2. The van der Waals surface area contributed by atoms with Crippen LogP contribution in [0.3, 0.4) is 0 Å². The minimum Gasteiger partial charge on any atom is -0.341 e. The standard InChI is InChI=1S/C10H12BrN3O2/c11-8-5-12-7-14(10(8)16)6-9(15)13-3-1-2-4-13/h5,7H,1-4,6H2. The van der Waals surface area contributed by atoms with Gasteiger partial charge in [-0.05, 0) is 28.8 Å². The zero-order chi connectivity index (χ0) is 11.5. The van der Waals surface area contributed by atoms with Crippen LogP contribution in [0.25, 0.3) is 0 Å². The van der Waals surface area contributed by atoms with Crippen molar-refractivity contribution in [3.8, 4) is 0 Å². The Bertz CT molecular complexity index is 452. The van der Waals surface area contributed by atoms with Gasteiger partial charge in [-0.3, -0.25) is 14.2 Å². The maximum atomic E-state index is 11.8. The predicted molar refractivity (Wildman–Crippen MR) is 62.0 cm³/mol. The number of halogens is 1. The van der Waals surface area contributed by atoms with Crippen molar-refractivity contribution in [3.63, 3.8) is 0 Å². The zero-order valence-corrected chi connectivity index (χ0v) is 10.3. The molecule has 1 aliphatic heterocycles. The van der Waals surface area contributed by atoms with Crippen LogP contribution in [0.1, 0.15) is 12.8 Å². The third-order valence-electron chi connectivity index (χ3n) is 2.62. The SMILES string of the molecule is O=C(Cn1cncc(Br)c1=O)N1CCCC1. The summed E-state index contributed by atoms with van der Waals surface area (Å²) in [6.45, 7) is 1.68. The van der Waals surface area contributed by atoms with Gasteiger partial charge in [-0.15, -0.1) is 0 Å². The molecule has 0 radical (unpaired) electrons. The molecule has 1 aromatic rings. The number of amides is 1. The van der Waals surface area contributed by atoms with E-state index in [-0.39, 0.29) is 18.0 Å². The lowest BCUT2D eigenvalue weighted by atomic mass is 10.4. The molecule has 0 atom stereocenters. The number of nitrogens with zero attached hydrogens (tertiary/aromatic N) is 3. The molecule has 2 heterocycles. The fourth-order valence-corrected chi connectivity index (χ4v) is 2.09. The van der Waals surface area contributed by atoms with Gasteiger partial charge in [0.2, 0.25) is 5.91 Å². The number of carbonyl (C=O) groups excluding carboxylic acids is 1. The summed E-state index contributed by atoms with van der Waals surface area (Å²) >= 11 is 3.10. The summed E-state index contributed by atoms with van der Waals surface area (Å²) in [5.74, 6) is -0.0144. The Labute approximate surface area is 101 Å². The number of likely N-dealkylation sites (tertiary alicyclic amines) is 1. The molecule has 1 saturated heterocycles. The summed E-state index contributed by atoms with van der Waals surface area (Å²) in [5, 5.41) is 0. The molecule has 0 saturated carbocycles. The van der Waals surface area contributed by atoms with Gasteiger partial charge in [0.1, 0.15) is 11.0 Å². The normalized spacial score (nSPS) is 15.4. The molecular weight excluding hydrogens is 274 g/mol. The summed E-state index contributed by atoms with van der Waals surface area (Å²) in [6, 6.07) is 0. The molecule has 0 spiro atoms. The van der Waals surface area contributed by atoms with Gasteiger partial charge in [-0.25, -0.2) is 4.98 Å². The Balaban J connectivity index is 2.11. The Morgan fingerprint density at radius 1 is 1.44 bits per heavy atom. The van der Waals surface area contributed by atoms with Crippen LogP contribution in [0.2, 0.25) is 0 Å². The van der Waals surface area contributed by atoms with E-state index in [1.165, 1.54) is 17.1 Å². The highest BCUT2D eigenvalue weighted by Crippen LogP contribution is 2.08. The molecule has 0 bridgehead atoms. The lowest BCUT2D eigenvalue weighted by Gasteiger charge is -2.15. The molecule has 0 N–H and O–H groups in total. The van der Waals surface area contributed by atoms with Crippen molar-refractivity contribution in [2.75, 3.05) is 13.1 Å². The fourth-order valence-electron chi connectivity index (χ4n) is 1.75. The largest absolute Gasteiger partial charge is 0.341 e. The summed E-state index contributed by atoms with van der Waals surface area (Å²) < 4.78 is 1.70. The Morgan fingerprint density at radius 2 is 2.12 bits per heavy atom. The van der Waals surface area contributed by atoms with E-state index in [0.29, 0.717) is 4.47 Å². The summed E-state index contributed by atoms with van der Waals surface area (Å²) in [5.41, 5.74) is -0.220. The Kier molecular flexibility index (Phi) is 3.38. The van der Waals surface area contributed by atoms with Crippen LogP contribution in [0.5, 0.6) is 0 Å². The van der Waals surface area contributed by atoms with Crippen molar-refractivity contribution in [2.45, 2.75) is 19.4 Å². The van der Waals surface area contributed by atoms with Crippen LogP contribution < -0.4 is 5.56 Å². The molecule has 6 heteroatoms. The average molecular weight is 286 g/mol. The highest BCUT2D eigenvalue weighted by atomic mass is 79.9. The molecule has 86 valence electrons. The van der Waals surface area contributed by atoms with E-state index in [1.807, 2.05) is 0 Å². The molecule has 1 fully saturated rings. The van der Waals surface area contributed by atoms with E-state index >= 15 is 0 Å². The van der Waals surface area contributed by atoms with Crippen molar-refractivity contribution < 1.29 is 4.79 Å². The Morgan fingerprint density at radius 3 is 2.81 bits per heavy atom. The maximum Gasteiger partial charge on any atom is 0.268 e. The first-order valence-corrected chi connectivity index (χ1v) is 5.95. The zero-order valence-electron chi connectivity index (χ0n) is 8.73. The van der Waals surface area contributed by atoms with Crippen molar-refractivity contribution >= 4 is 21.8 Å². The summed E-state index contributed by atoms with van der Waals surface area (Å²) in [4.78, 5) is 29.1. The van der Waals surface area contributed by atoms with Crippen molar-refractivity contribution in [1.82, 2.24) is 14.5 Å². The minimum absolute atomic E-state index is 0.0144. The van der Waals surface area contributed by atoms with E-state index in [9.17, 15) is 9.59 Å². The van der Waals surface area contributed by atoms with Gasteiger partial charge in [0, 0.05) is 19.3 Å². The summed E-state index contributed by atoms with van der Waals surface area (Å²) in [7, 11) is 0. The number of carbonyl (C=O) groups is 1. The lowest BCUT2D eigenvalue weighted by Crippen LogP contribution is -2.34. The quantitative estimate of drug-likeness (QED) is 0.801. The molecule has 1 aromatic heterocycles. The van der Waals surface area contributed by atoms with Crippen LogP contribution in [-0.2, 0) is 11.3 Å². The molecule has 16 heavy (non-hydrogen) atoms. The van der Waals surface area contributed by atoms with Gasteiger partial charge >= 0.3 is 0 Å². The predicted octanol–water partition coefficient (Wildman–Crippen LogP) is 0.628. The number of aromatic nitrogens is 2. The minimum atomic E-state index is -0.220. The van der Waals surface area contributed by atoms with Gasteiger partial charge in [-0.1, -0.05) is 0 Å². The number of hydrogen-bond acceptors (Lipinski definition) is 3.